The summed E-state index contributed by atoms with van der Waals surface area (Å²) in [4.78, 5) is 24.3. The highest BCUT2D eigenvalue weighted by Gasteiger charge is 2.11. The molecule has 190 valence electrons. The fourth-order valence-corrected chi connectivity index (χ4v) is 4.01. The average molecular weight is 490 g/mol. The van der Waals surface area contributed by atoms with E-state index in [0.29, 0.717) is 25.2 Å². The number of unbranched alkanes of at least 4 members (excludes halogenated alkanes) is 1. The van der Waals surface area contributed by atoms with Crippen LogP contribution in [-0.4, -0.2) is 47.2 Å². The highest BCUT2D eigenvalue weighted by atomic mass is 16.5. The van der Waals surface area contributed by atoms with Gasteiger partial charge in [-0.2, -0.15) is 0 Å². The summed E-state index contributed by atoms with van der Waals surface area (Å²) >= 11 is 0. The summed E-state index contributed by atoms with van der Waals surface area (Å²) in [5, 5.41) is 18.2. The van der Waals surface area contributed by atoms with Gasteiger partial charge in [0.2, 0.25) is 0 Å². The van der Waals surface area contributed by atoms with Gasteiger partial charge >= 0.3 is 11.9 Å². The van der Waals surface area contributed by atoms with Crippen LogP contribution in [0.4, 0.5) is 0 Å². The van der Waals surface area contributed by atoms with Crippen molar-refractivity contribution in [2.75, 3.05) is 20.1 Å². The van der Waals surface area contributed by atoms with Gasteiger partial charge in [0.05, 0.1) is 5.56 Å². The number of nitrogens with zero attached hydrogens (tertiary/aromatic N) is 1. The van der Waals surface area contributed by atoms with Crippen molar-refractivity contribution in [2.24, 2.45) is 0 Å². The maximum absolute atomic E-state index is 11.5. The maximum Gasteiger partial charge on any atom is 0.335 e. The van der Waals surface area contributed by atoms with Gasteiger partial charge in [0.1, 0.15) is 12.4 Å². The highest BCUT2D eigenvalue weighted by molar-refractivity contribution is 5.88. The monoisotopic (exact) mass is 489 g/mol. The summed E-state index contributed by atoms with van der Waals surface area (Å²) in [6.45, 7) is 1.94. The Morgan fingerprint density at radius 1 is 0.778 bits per heavy atom. The molecule has 0 aliphatic carbocycles. The molecule has 3 aromatic rings. The van der Waals surface area contributed by atoms with Gasteiger partial charge in [0.15, 0.2) is 0 Å². The number of hydrogen-bond acceptors (Lipinski definition) is 4. The van der Waals surface area contributed by atoms with Gasteiger partial charge in [-0.3, -0.25) is 4.79 Å². The molecule has 6 heteroatoms. The van der Waals surface area contributed by atoms with Crippen LogP contribution in [0.15, 0.2) is 72.8 Å². The first kappa shape index (κ1) is 27.0. The van der Waals surface area contributed by atoms with E-state index in [-0.39, 0.29) is 12.0 Å². The van der Waals surface area contributed by atoms with E-state index in [1.807, 2.05) is 19.2 Å². The molecule has 0 saturated heterocycles. The van der Waals surface area contributed by atoms with Crippen LogP contribution >= 0.6 is 0 Å². The number of carboxylic acids is 2. The van der Waals surface area contributed by atoms with Crippen molar-refractivity contribution in [1.29, 1.82) is 0 Å². The second kappa shape index (κ2) is 14.0. The van der Waals surface area contributed by atoms with Crippen LogP contribution in [0.2, 0.25) is 0 Å². The summed E-state index contributed by atoms with van der Waals surface area (Å²) in [7, 11) is 2.01. The molecule has 0 fully saturated rings. The highest BCUT2D eigenvalue weighted by Crippen LogP contribution is 2.23. The normalized spacial score (nSPS) is 10.9. The van der Waals surface area contributed by atoms with Gasteiger partial charge in [0, 0.05) is 13.0 Å². The van der Waals surface area contributed by atoms with Crippen molar-refractivity contribution in [3.63, 3.8) is 0 Å². The van der Waals surface area contributed by atoms with E-state index < -0.39 is 11.9 Å². The van der Waals surface area contributed by atoms with Gasteiger partial charge in [-0.1, -0.05) is 60.7 Å². The number of hydrogen-bond donors (Lipinski definition) is 2. The SMILES string of the molecule is CN(CCCCC(=O)O)CCc1ccc(C(=O)O)cc1OCc1ccc(CCc2ccccc2)cc1. The zero-order valence-electron chi connectivity index (χ0n) is 20.9. The van der Waals surface area contributed by atoms with E-state index in [1.54, 1.807) is 12.1 Å². The fraction of sp³-hybridized carbons (Fsp3) is 0.333. The number of benzene rings is 3. The Bertz CT molecular complexity index is 1110. The Morgan fingerprint density at radius 3 is 2.11 bits per heavy atom. The number of likely N-dealkylation sites (N-methyl/N-ethyl adjacent to an activating group) is 1. The molecule has 0 aromatic heterocycles. The molecule has 0 amide bonds. The van der Waals surface area contributed by atoms with Crippen LogP contribution in [0.25, 0.3) is 0 Å². The summed E-state index contributed by atoms with van der Waals surface area (Å²) in [6, 6.07) is 23.8. The minimum atomic E-state index is -0.982. The minimum absolute atomic E-state index is 0.191. The number of rotatable bonds is 15. The molecule has 0 aliphatic rings. The van der Waals surface area contributed by atoms with Crippen molar-refractivity contribution in [3.8, 4) is 5.75 Å². The van der Waals surface area contributed by atoms with Crippen molar-refractivity contribution < 1.29 is 24.5 Å². The Balaban J connectivity index is 1.55. The zero-order chi connectivity index (χ0) is 25.8. The molecule has 36 heavy (non-hydrogen) atoms. The molecule has 0 radical (unpaired) electrons. The number of carbonyl (C=O) groups is 2. The minimum Gasteiger partial charge on any atom is -0.489 e. The van der Waals surface area contributed by atoms with Crippen LogP contribution in [0.3, 0.4) is 0 Å². The van der Waals surface area contributed by atoms with Crippen LogP contribution < -0.4 is 4.74 Å². The van der Waals surface area contributed by atoms with Crippen molar-refractivity contribution in [3.05, 3.63) is 101 Å². The number of aliphatic carboxylic acids is 1. The van der Waals surface area contributed by atoms with E-state index in [9.17, 15) is 14.7 Å². The molecular weight excluding hydrogens is 454 g/mol. The molecule has 0 saturated carbocycles. The maximum atomic E-state index is 11.5. The summed E-state index contributed by atoms with van der Waals surface area (Å²) in [6.07, 6.45) is 4.35. The smallest absolute Gasteiger partial charge is 0.335 e. The quantitative estimate of drug-likeness (QED) is 0.275. The predicted octanol–water partition coefficient (Wildman–Crippen LogP) is 5.48. The molecule has 0 bridgehead atoms. The molecule has 3 rings (SSSR count). The Hall–Kier alpha value is -3.64. The van der Waals surface area contributed by atoms with E-state index in [0.717, 1.165) is 43.5 Å². The van der Waals surface area contributed by atoms with Crippen molar-refractivity contribution >= 4 is 11.9 Å². The molecule has 6 nitrogen and oxygen atoms in total. The molecule has 2 N–H and O–H groups in total. The van der Waals surface area contributed by atoms with Crippen LogP contribution in [0.5, 0.6) is 5.75 Å². The molecule has 0 atom stereocenters. The lowest BCUT2D eigenvalue weighted by Crippen LogP contribution is -2.22. The molecule has 0 aliphatic heterocycles. The van der Waals surface area contributed by atoms with Crippen molar-refractivity contribution in [2.45, 2.75) is 45.1 Å². The van der Waals surface area contributed by atoms with Gasteiger partial charge in [-0.05, 0) is 80.1 Å². The number of aryl methyl sites for hydroxylation is 2. The van der Waals surface area contributed by atoms with Gasteiger partial charge in [-0.25, -0.2) is 4.79 Å². The summed E-state index contributed by atoms with van der Waals surface area (Å²) in [5.41, 5.74) is 4.77. The zero-order valence-corrected chi connectivity index (χ0v) is 20.9. The predicted molar refractivity (Wildman–Crippen MR) is 141 cm³/mol. The third-order valence-corrected chi connectivity index (χ3v) is 6.22. The van der Waals surface area contributed by atoms with Gasteiger partial charge in [0.25, 0.3) is 0 Å². The molecular formula is C30H35NO5. The standard InChI is InChI=1S/C30H35NO5/c1-31(19-6-5-9-29(32)33)20-18-26-16-17-27(30(34)35)21-28(26)36-22-25-14-12-24(13-15-25)11-10-23-7-3-2-4-8-23/h2-4,7-8,12-17,21H,5-6,9-11,18-20,22H2,1H3,(H,32,33)(H,34,35). The van der Waals surface area contributed by atoms with Gasteiger partial charge < -0.3 is 19.8 Å². The van der Waals surface area contributed by atoms with E-state index >= 15 is 0 Å². The van der Waals surface area contributed by atoms with Crippen LogP contribution in [-0.2, 0) is 30.7 Å². The Labute approximate surface area is 213 Å². The Kier molecular flexibility index (Phi) is 10.5. The first-order valence-electron chi connectivity index (χ1n) is 12.4. The topological polar surface area (TPSA) is 87.1 Å². The van der Waals surface area contributed by atoms with Crippen LogP contribution in [0, 0.1) is 0 Å². The summed E-state index contributed by atoms with van der Waals surface area (Å²) in [5.74, 6) is -1.16. The van der Waals surface area contributed by atoms with E-state index in [4.69, 9.17) is 9.84 Å². The number of aromatic carboxylic acids is 1. The van der Waals surface area contributed by atoms with E-state index in [2.05, 4.69) is 53.4 Å². The third-order valence-electron chi connectivity index (χ3n) is 6.22. The van der Waals surface area contributed by atoms with Crippen LogP contribution in [0.1, 0.15) is 51.9 Å². The second-order valence-electron chi connectivity index (χ2n) is 9.12. The second-order valence-corrected chi connectivity index (χ2v) is 9.12. The molecule has 3 aromatic carbocycles. The first-order valence-corrected chi connectivity index (χ1v) is 12.4. The molecule has 0 spiro atoms. The molecule has 0 unspecified atom stereocenters. The average Bonchev–Trinajstić information content (AvgIpc) is 2.88. The molecule has 0 heterocycles. The fourth-order valence-electron chi connectivity index (χ4n) is 4.01. The lowest BCUT2D eigenvalue weighted by Gasteiger charge is -2.18. The van der Waals surface area contributed by atoms with E-state index in [1.165, 1.54) is 11.1 Å². The summed E-state index contributed by atoms with van der Waals surface area (Å²) < 4.78 is 6.09. The largest absolute Gasteiger partial charge is 0.489 e. The third kappa shape index (κ3) is 9.19. The van der Waals surface area contributed by atoms with Crippen molar-refractivity contribution in [1.82, 2.24) is 4.90 Å². The van der Waals surface area contributed by atoms with Gasteiger partial charge in [-0.15, -0.1) is 0 Å². The lowest BCUT2D eigenvalue weighted by molar-refractivity contribution is -0.137. The Morgan fingerprint density at radius 2 is 1.44 bits per heavy atom. The first-order chi connectivity index (χ1) is 17.4. The number of ether oxygens (including phenoxy) is 1. The lowest BCUT2D eigenvalue weighted by atomic mass is 10.0. The number of carboxylic acid groups (broad SMARTS) is 2.